The molecule has 0 radical (unpaired) electrons. The van der Waals surface area contributed by atoms with E-state index in [-0.39, 0.29) is 17.1 Å². The largest absolute Gasteiger partial charge is 0.748 e. The predicted molar refractivity (Wildman–Crippen MR) is 92.4 cm³/mol. The van der Waals surface area contributed by atoms with Crippen LogP contribution in [0.1, 0.15) is 40.7 Å². The number of rotatable bonds is 3. The average molecular weight is 339 g/mol. The van der Waals surface area contributed by atoms with Gasteiger partial charge in [0.15, 0.2) is 0 Å². The van der Waals surface area contributed by atoms with Gasteiger partial charge in [-0.3, -0.25) is 0 Å². The molecule has 0 spiro atoms. The summed E-state index contributed by atoms with van der Waals surface area (Å²) in [5.74, 6) is 0. The van der Waals surface area contributed by atoms with E-state index >= 15 is 0 Å². The predicted octanol–water partition coefficient (Wildman–Crippen LogP) is 4.68. The van der Waals surface area contributed by atoms with Crippen LogP contribution in [0.15, 0.2) is 30.3 Å². The molecule has 2 heteroatoms. The minimum atomic E-state index is 0. The molecular formula is C20H29FeN-6. The van der Waals surface area contributed by atoms with Crippen molar-refractivity contribution < 1.29 is 17.1 Å². The molecule has 0 N–H and O–H groups in total. The van der Waals surface area contributed by atoms with Gasteiger partial charge in [0.1, 0.15) is 0 Å². The van der Waals surface area contributed by atoms with Gasteiger partial charge >= 0.3 is 0 Å². The van der Waals surface area contributed by atoms with Crippen LogP contribution in [-0.2, 0) is 23.5 Å². The Morgan fingerprint density at radius 2 is 1.23 bits per heavy atom. The van der Waals surface area contributed by atoms with Crippen molar-refractivity contribution in [3.8, 4) is 0 Å². The Balaban J connectivity index is 0.000000344. The van der Waals surface area contributed by atoms with E-state index in [2.05, 4.69) is 32.6 Å². The molecule has 2 aromatic rings. The summed E-state index contributed by atoms with van der Waals surface area (Å²) in [6, 6.07) is 10.0. The van der Waals surface area contributed by atoms with Crippen LogP contribution in [0.2, 0.25) is 0 Å². The molecule has 0 aliphatic carbocycles. The van der Waals surface area contributed by atoms with Crippen molar-refractivity contribution in [2.75, 3.05) is 19.6 Å². The van der Waals surface area contributed by atoms with Crippen LogP contribution >= 0.6 is 0 Å². The molecular weight excluding hydrogens is 310 g/mol. The van der Waals surface area contributed by atoms with E-state index in [1.807, 2.05) is 30.3 Å². The SMILES string of the molecule is Cc1c(C)c(C)[c-](CCN2CCCC2)c1C.[Fe].[cH-]1[cH-][cH-][cH-][cH-]1. The van der Waals surface area contributed by atoms with Crippen LogP contribution < -0.4 is 0 Å². The zero-order valence-corrected chi connectivity index (χ0v) is 15.5. The third-order valence-corrected chi connectivity index (χ3v) is 5.03. The molecule has 1 nitrogen and oxygen atoms in total. The van der Waals surface area contributed by atoms with Gasteiger partial charge in [-0.15, -0.1) is 5.56 Å². The van der Waals surface area contributed by atoms with Crippen molar-refractivity contribution in [2.24, 2.45) is 0 Å². The fraction of sp³-hybridized carbons (Fsp3) is 0.500. The van der Waals surface area contributed by atoms with Gasteiger partial charge in [-0.1, -0.05) is 34.1 Å². The summed E-state index contributed by atoms with van der Waals surface area (Å²) < 4.78 is 0. The third kappa shape index (κ3) is 4.84. The van der Waals surface area contributed by atoms with Crippen LogP contribution in [0.25, 0.3) is 0 Å². The first-order chi connectivity index (χ1) is 10.1. The number of hydrogen-bond acceptors (Lipinski definition) is 1. The fourth-order valence-electron chi connectivity index (χ4n) is 3.27. The summed E-state index contributed by atoms with van der Waals surface area (Å²) in [7, 11) is 0. The van der Waals surface area contributed by atoms with Gasteiger partial charge in [0.25, 0.3) is 0 Å². The second kappa shape index (κ2) is 9.35. The van der Waals surface area contributed by atoms with E-state index < -0.39 is 0 Å². The van der Waals surface area contributed by atoms with Gasteiger partial charge in [0, 0.05) is 17.1 Å². The maximum absolute atomic E-state index is 2.61. The Morgan fingerprint density at radius 1 is 0.818 bits per heavy atom. The molecule has 0 saturated carbocycles. The summed E-state index contributed by atoms with van der Waals surface area (Å²) in [5.41, 5.74) is 7.70. The molecule has 3 rings (SSSR count). The molecule has 1 saturated heterocycles. The Labute approximate surface area is 146 Å². The molecule has 0 atom stereocenters. The van der Waals surface area contributed by atoms with E-state index in [4.69, 9.17) is 0 Å². The molecule has 0 aromatic heterocycles. The Hall–Kier alpha value is -0.821. The summed E-state index contributed by atoms with van der Waals surface area (Å²) >= 11 is 0. The van der Waals surface area contributed by atoms with Crippen LogP contribution in [0.5, 0.6) is 0 Å². The fourth-order valence-corrected chi connectivity index (χ4v) is 3.27. The molecule has 22 heavy (non-hydrogen) atoms. The van der Waals surface area contributed by atoms with Gasteiger partial charge in [-0.25, -0.2) is 0 Å². The third-order valence-electron chi connectivity index (χ3n) is 5.03. The zero-order chi connectivity index (χ0) is 15.2. The normalized spacial score (nSPS) is 14.4. The van der Waals surface area contributed by atoms with Crippen molar-refractivity contribution in [1.82, 2.24) is 4.90 Å². The van der Waals surface area contributed by atoms with Crippen molar-refractivity contribution >= 4 is 0 Å². The zero-order valence-electron chi connectivity index (χ0n) is 14.4. The van der Waals surface area contributed by atoms with Crippen LogP contribution in [-0.4, -0.2) is 24.5 Å². The molecule has 0 amide bonds. The average Bonchev–Trinajstić information content (AvgIpc) is 3.22. The molecule has 1 aliphatic rings. The maximum Gasteiger partial charge on any atom is 0 e. The topological polar surface area (TPSA) is 3.24 Å². The minimum absolute atomic E-state index is 0. The van der Waals surface area contributed by atoms with Gasteiger partial charge < -0.3 is 35.2 Å². The second-order valence-electron chi connectivity index (χ2n) is 6.24. The Kier molecular flexibility index (Phi) is 8.17. The minimum Gasteiger partial charge on any atom is -0.748 e. The van der Waals surface area contributed by atoms with Crippen molar-refractivity contribution in [1.29, 1.82) is 0 Å². The molecule has 0 unspecified atom stereocenters. The van der Waals surface area contributed by atoms with Crippen molar-refractivity contribution in [3.05, 3.63) is 58.1 Å². The summed E-state index contributed by atoms with van der Waals surface area (Å²) in [4.78, 5) is 2.61. The first kappa shape index (κ1) is 19.2. The van der Waals surface area contributed by atoms with Gasteiger partial charge in [-0.05, 0) is 32.5 Å². The van der Waals surface area contributed by atoms with Gasteiger partial charge in [0.2, 0.25) is 0 Å². The quantitative estimate of drug-likeness (QED) is 0.580. The standard InChI is InChI=1S/C15H24N.C5H5.Fe/c1-11-12(2)14(4)15(13(11)3)7-10-16-8-5-6-9-16;1-2-4-5-3-1;/h5-10H2,1-4H3;1-5H;/q-1;-5;. The maximum atomic E-state index is 2.61. The smallest absolute Gasteiger partial charge is 0 e. The molecule has 0 bridgehead atoms. The Bertz CT molecular complexity index is 488. The molecule has 128 valence electrons. The molecule has 1 heterocycles. The van der Waals surface area contributed by atoms with Crippen LogP contribution in [0.3, 0.4) is 0 Å². The number of nitrogens with zero attached hydrogens (tertiary/aromatic N) is 1. The Morgan fingerprint density at radius 3 is 1.64 bits per heavy atom. The van der Waals surface area contributed by atoms with E-state index in [0.717, 1.165) is 0 Å². The van der Waals surface area contributed by atoms with E-state index in [1.165, 1.54) is 61.2 Å². The van der Waals surface area contributed by atoms with Gasteiger partial charge in [-0.2, -0.15) is 22.3 Å². The first-order valence-corrected chi connectivity index (χ1v) is 8.22. The molecule has 2 aromatic carbocycles. The van der Waals surface area contributed by atoms with E-state index in [9.17, 15) is 0 Å². The monoisotopic (exact) mass is 339 g/mol. The number of hydrogen-bond donors (Lipinski definition) is 0. The van der Waals surface area contributed by atoms with Crippen LogP contribution in [0, 0.1) is 27.7 Å². The number of likely N-dealkylation sites (tertiary alicyclic amines) is 1. The van der Waals surface area contributed by atoms with E-state index in [1.54, 1.807) is 5.56 Å². The summed E-state index contributed by atoms with van der Waals surface area (Å²) in [6.45, 7) is 13.0. The van der Waals surface area contributed by atoms with Crippen molar-refractivity contribution in [2.45, 2.75) is 47.0 Å². The molecule has 1 fully saturated rings. The summed E-state index contributed by atoms with van der Waals surface area (Å²) in [5, 5.41) is 0. The molecule has 1 aliphatic heterocycles. The van der Waals surface area contributed by atoms with E-state index in [0.29, 0.717) is 0 Å². The first-order valence-electron chi connectivity index (χ1n) is 8.22. The summed E-state index contributed by atoms with van der Waals surface area (Å²) in [6.07, 6.45) is 4.04. The van der Waals surface area contributed by atoms with Crippen LogP contribution in [0.4, 0.5) is 0 Å². The van der Waals surface area contributed by atoms with Gasteiger partial charge in [0.05, 0.1) is 0 Å². The van der Waals surface area contributed by atoms with Crippen molar-refractivity contribution in [3.63, 3.8) is 0 Å². The second-order valence-corrected chi connectivity index (χ2v) is 6.24.